The molecule has 10 heteroatoms. The van der Waals surface area contributed by atoms with Gasteiger partial charge in [0.2, 0.25) is 0 Å². The molecule has 0 N–H and O–H groups in total. The SMILES string of the molecule is C[C@@H](c1cccc2ccccc12)N1C=CN([C@@H](C)c2cccc3ccccc23)[PH2+]1.O=S(=O)([O-])C(F)(F)F. The van der Waals surface area contributed by atoms with Crippen LogP contribution in [-0.4, -0.2) is 27.8 Å². The number of hydrogen-bond acceptors (Lipinski definition) is 5. The van der Waals surface area contributed by atoms with Crippen molar-refractivity contribution in [2.45, 2.75) is 31.4 Å². The standard InChI is InChI=1S/C26H25N2P.CHF3O3S/c1-19(23-15-7-11-21-9-3-5-13-25(21)23)27-17-18-28(29-27)20(2)24-16-8-12-22-10-4-6-14-26(22)24;2-1(3,4)8(5,6)7/h3-20,29H,1-2H3;(H,5,6,7)/t19-,20-;/m0./s1. The van der Waals surface area contributed by atoms with Gasteiger partial charge in [0.05, 0.1) is 24.5 Å². The van der Waals surface area contributed by atoms with Crippen LogP contribution in [0.4, 0.5) is 13.2 Å². The van der Waals surface area contributed by atoms with Crippen molar-refractivity contribution in [2.24, 2.45) is 0 Å². The molecule has 194 valence electrons. The number of alkyl halides is 3. The Morgan fingerprint density at radius 3 is 1.43 bits per heavy atom. The Bertz CT molecular complexity index is 1440. The van der Waals surface area contributed by atoms with Gasteiger partial charge in [-0.3, -0.25) is 0 Å². The van der Waals surface area contributed by atoms with Crippen LogP contribution in [0.15, 0.2) is 97.3 Å². The fourth-order valence-electron chi connectivity index (χ4n) is 4.39. The Hall–Kier alpha value is -3.13. The van der Waals surface area contributed by atoms with Crippen molar-refractivity contribution in [3.8, 4) is 0 Å². The quantitative estimate of drug-likeness (QED) is 0.154. The van der Waals surface area contributed by atoms with Gasteiger partial charge >= 0.3 is 5.51 Å². The molecule has 1 heterocycles. The summed E-state index contributed by atoms with van der Waals surface area (Å²) < 4.78 is 63.9. The van der Waals surface area contributed by atoms with E-state index in [1.807, 2.05) is 0 Å². The van der Waals surface area contributed by atoms with Gasteiger partial charge in [0.15, 0.2) is 19.0 Å². The smallest absolute Gasteiger partial charge is 0.485 e. The second-order valence-electron chi connectivity index (χ2n) is 8.70. The van der Waals surface area contributed by atoms with E-state index < -0.39 is 15.6 Å². The fraction of sp³-hybridized carbons (Fsp3) is 0.185. The van der Waals surface area contributed by atoms with Gasteiger partial charge < -0.3 is 4.55 Å². The summed E-state index contributed by atoms with van der Waals surface area (Å²) in [5.41, 5.74) is -2.84. The summed E-state index contributed by atoms with van der Waals surface area (Å²) in [6, 6.07) is 31.4. The van der Waals surface area contributed by atoms with Crippen LogP contribution in [-0.2, 0) is 10.1 Å². The molecule has 0 bridgehead atoms. The topological polar surface area (TPSA) is 63.7 Å². The molecule has 0 spiro atoms. The zero-order chi connectivity index (χ0) is 26.8. The molecule has 5 rings (SSSR count). The third-order valence-corrected chi connectivity index (χ3v) is 8.74. The van der Waals surface area contributed by atoms with E-state index in [2.05, 4.69) is 121 Å². The Labute approximate surface area is 215 Å². The minimum Gasteiger partial charge on any atom is -0.741 e. The molecule has 4 aromatic carbocycles. The van der Waals surface area contributed by atoms with Crippen molar-refractivity contribution in [2.75, 3.05) is 0 Å². The highest BCUT2D eigenvalue weighted by Crippen LogP contribution is 2.45. The Balaban J connectivity index is 0.000000349. The van der Waals surface area contributed by atoms with Crippen LogP contribution in [0.5, 0.6) is 0 Å². The Morgan fingerprint density at radius 1 is 0.703 bits per heavy atom. The Kier molecular flexibility index (Phi) is 7.78. The van der Waals surface area contributed by atoms with E-state index in [-0.39, 0.29) is 8.88 Å². The highest BCUT2D eigenvalue weighted by molar-refractivity contribution is 7.86. The first kappa shape index (κ1) is 26.9. The van der Waals surface area contributed by atoms with Crippen LogP contribution in [0.2, 0.25) is 0 Å². The number of halogens is 3. The van der Waals surface area contributed by atoms with Gasteiger partial charge in [-0.1, -0.05) is 84.9 Å². The molecule has 4 aromatic rings. The van der Waals surface area contributed by atoms with Gasteiger partial charge in [0.25, 0.3) is 0 Å². The van der Waals surface area contributed by atoms with Crippen LogP contribution in [0.3, 0.4) is 0 Å². The number of hydrogen-bond donors (Lipinski definition) is 0. The molecule has 1 aliphatic rings. The molecule has 0 radical (unpaired) electrons. The zero-order valence-corrected chi connectivity index (χ0v) is 22.1. The first-order valence-corrected chi connectivity index (χ1v) is 14.0. The van der Waals surface area contributed by atoms with E-state index in [0.29, 0.717) is 12.1 Å². The van der Waals surface area contributed by atoms with Crippen LogP contribution in [0.25, 0.3) is 21.5 Å². The molecule has 0 amide bonds. The molecular weight excluding hydrogens is 520 g/mol. The second kappa shape index (κ2) is 10.7. The lowest BCUT2D eigenvalue weighted by Gasteiger charge is -2.25. The van der Waals surface area contributed by atoms with Crippen LogP contribution < -0.4 is 0 Å². The summed E-state index contributed by atoms with van der Waals surface area (Å²) in [6.45, 7) is 4.65. The highest BCUT2D eigenvalue weighted by atomic mass is 32.2. The lowest BCUT2D eigenvalue weighted by molar-refractivity contribution is -0.0517. The lowest BCUT2D eigenvalue weighted by atomic mass is 10.00. The molecule has 0 fully saturated rings. The zero-order valence-electron chi connectivity index (χ0n) is 20.1. The van der Waals surface area contributed by atoms with E-state index >= 15 is 0 Å². The maximum Gasteiger partial charge on any atom is 0.485 e. The summed E-state index contributed by atoms with van der Waals surface area (Å²) in [5.74, 6) is 0. The molecule has 0 aromatic heterocycles. The summed E-state index contributed by atoms with van der Waals surface area (Å²) in [6.07, 6.45) is 4.56. The van der Waals surface area contributed by atoms with Gasteiger partial charge in [0.1, 0.15) is 0 Å². The normalized spacial score (nSPS) is 15.5. The maximum atomic E-state index is 10.7. The van der Waals surface area contributed by atoms with Crippen LogP contribution >= 0.6 is 8.88 Å². The van der Waals surface area contributed by atoms with Gasteiger partial charge in [0, 0.05) is 0 Å². The van der Waals surface area contributed by atoms with Gasteiger partial charge in [-0.05, 0) is 46.5 Å². The Morgan fingerprint density at radius 2 is 1.05 bits per heavy atom. The van der Waals surface area contributed by atoms with Gasteiger partial charge in [-0.15, -0.1) is 0 Å². The summed E-state index contributed by atoms with van der Waals surface area (Å²) in [5, 5.41) is 5.35. The largest absolute Gasteiger partial charge is 0.741 e. The second-order valence-corrected chi connectivity index (χ2v) is 11.5. The van der Waals surface area contributed by atoms with E-state index in [1.54, 1.807) is 0 Å². The highest BCUT2D eigenvalue weighted by Gasteiger charge is 2.37. The van der Waals surface area contributed by atoms with E-state index in [1.165, 1.54) is 32.7 Å². The number of benzene rings is 4. The third kappa shape index (κ3) is 5.90. The predicted octanol–water partition coefficient (Wildman–Crippen LogP) is 7.20. The summed E-state index contributed by atoms with van der Waals surface area (Å²) in [7, 11) is -6.08. The van der Waals surface area contributed by atoms with Crippen molar-refractivity contribution in [3.05, 3.63) is 108 Å². The van der Waals surface area contributed by atoms with E-state index in [9.17, 15) is 13.2 Å². The van der Waals surface area contributed by atoms with Crippen molar-refractivity contribution >= 4 is 40.5 Å². The summed E-state index contributed by atoms with van der Waals surface area (Å²) >= 11 is 0. The van der Waals surface area contributed by atoms with Crippen molar-refractivity contribution in [3.63, 3.8) is 0 Å². The first-order valence-electron chi connectivity index (χ1n) is 11.5. The fourth-order valence-corrected chi connectivity index (χ4v) is 5.73. The molecule has 0 saturated carbocycles. The molecule has 2 atom stereocenters. The minimum absolute atomic E-state index is 0.00599. The number of nitrogens with zero attached hydrogens (tertiary/aromatic N) is 2. The monoisotopic (exact) mass is 546 g/mol. The van der Waals surface area contributed by atoms with E-state index in [4.69, 9.17) is 13.0 Å². The van der Waals surface area contributed by atoms with Crippen LogP contribution in [0.1, 0.15) is 37.1 Å². The molecular formula is C27H26F3N2O3PS. The molecule has 0 saturated heterocycles. The molecule has 5 nitrogen and oxygen atoms in total. The minimum atomic E-state index is -6.09. The maximum absolute atomic E-state index is 10.7. The predicted molar refractivity (Wildman–Crippen MR) is 143 cm³/mol. The lowest BCUT2D eigenvalue weighted by Crippen LogP contribution is -2.21. The van der Waals surface area contributed by atoms with Crippen molar-refractivity contribution in [1.82, 2.24) is 9.34 Å². The van der Waals surface area contributed by atoms with Gasteiger partial charge in [-0.25, -0.2) is 17.8 Å². The van der Waals surface area contributed by atoms with Crippen molar-refractivity contribution < 1.29 is 26.1 Å². The first-order chi connectivity index (χ1) is 17.5. The molecule has 1 aliphatic heterocycles. The summed E-state index contributed by atoms with van der Waals surface area (Å²) in [4.78, 5) is 0. The molecule has 0 unspecified atom stereocenters. The van der Waals surface area contributed by atoms with Crippen LogP contribution in [0, 0.1) is 0 Å². The molecule has 37 heavy (non-hydrogen) atoms. The van der Waals surface area contributed by atoms with Crippen molar-refractivity contribution in [1.29, 1.82) is 0 Å². The number of rotatable bonds is 4. The molecule has 0 aliphatic carbocycles. The number of fused-ring (bicyclic) bond motifs is 2. The van der Waals surface area contributed by atoms with Gasteiger partial charge in [-0.2, -0.15) is 13.2 Å². The average molecular weight is 547 g/mol. The van der Waals surface area contributed by atoms with E-state index in [0.717, 1.165) is 0 Å². The average Bonchev–Trinajstić information content (AvgIpc) is 3.37. The third-order valence-electron chi connectivity index (χ3n) is 6.40.